The van der Waals surface area contributed by atoms with Crippen molar-refractivity contribution < 1.29 is 27.9 Å². The zero-order chi connectivity index (χ0) is 26.9. The van der Waals surface area contributed by atoms with Gasteiger partial charge in [-0.2, -0.15) is 9.78 Å². The van der Waals surface area contributed by atoms with Gasteiger partial charge in [-0.25, -0.2) is 17.9 Å². The van der Waals surface area contributed by atoms with Gasteiger partial charge >= 0.3 is 5.97 Å². The fourth-order valence-corrected chi connectivity index (χ4v) is 5.15. The third-order valence-electron chi connectivity index (χ3n) is 5.97. The minimum Gasteiger partial charge on any atom is -0.476 e. The molecule has 0 aliphatic heterocycles. The summed E-state index contributed by atoms with van der Waals surface area (Å²) >= 11 is 6.00. The highest BCUT2D eigenvalue weighted by molar-refractivity contribution is 7.89. The predicted molar refractivity (Wildman–Crippen MR) is 138 cm³/mol. The number of carboxylic acid groups (broad SMARTS) is 1. The molecule has 1 aromatic heterocycles. The van der Waals surface area contributed by atoms with Crippen LogP contribution in [0.15, 0.2) is 47.4 Å². The standard InChI is InChI=1S/C25H27ClN4O6S/c1-4-14(2)29-37(34,35)21-13-18(27-23(31)16-5-6-16)9-12-20(21)36-24-15(3)22(25(32)33)28-30(24)19-10-7-17(26)8-11-19/h7-14,16,29H,4-6H2,1-3H3,(H,27,31)(H,32,33)/t14-/m1/s1. The number of nitrogens with one attached hydrogen (secondary N) is 2. The lowest BCUT2D eigenvalue weighted by molar-refractivity contribution is -0.117. The van der Waals surface area contributed by atoms with Gasteiger partial charge in [-0.15, -0.1) is 0 Å². The van der Waals surface area contributed by atoms with Gasteiger partial charge in [0.2, 0.25) is 21.8 Å². The van der Waals surface area contributed by atoms with Gasteiger partial charge in [0, 0.05) is 28.2 Å². The Bertz CT molecular complexity index is 1450. The highest BCUT2D eigenvalue weighted by Crippen LogP contribution is 2.36. The molecule has 0 saturated heterocycles. The summed E-state index contributed by atoms with van der Waals surface area (Å²) in [5.74, 6) is -1.54. The van der Waals surface area contributed by atoms with Crippen LogP contribution in [0.2, 0.25) is 5.02 Å². The number of anilines is 1. The van der Waals surface area contributed by atoms with Crippen molar-refractivity contribution in [1.82, 2.24) is 14.5 Å². The molecule has 10 nitrogen and oxygen atoms in total. The van der Waals surface area contributed by atoms with Crippen LogP contribution < -0.4 is 14.8 Å². The molecule has 1 fully saturated rings. The minimum absolute atomic E-state index is 0.0227. The predicted octanol–water partition coefficient (Wildman–Crippen LogP) is 4.75. The fraction of sp³-hybridized carbons (Fsp3) is 0.320. The number of hydrogen-bond acceptors (Lipinski definition) is 6. The molecule has 1 atom stereocenters. The number of rotatable bonds is 10. The van der Waals surface area contributed by atoms with Crippen molar-refractivity contribution in [2.24, 2.45) is 5.92 Å². The third-order valence-corrected chi connectivity index (χ3v) is 7.83. The second kappa shape index (κ2) is 10.5. The normalized spacial score (nSPS) is 14.3. The van der Waals surface area contributed by atoms with E-state index in [1.807, 2.05) is 6.92 Å². The number of amides is 1. The average Bonchev–Trinajstić information content (AvgIpc) is 3.65. The van der Waals surface area contributed by atoms with Crippen molar-refractivity contribution in [3.8, 4) is 17.3 Å². The zero-order valence-electron chi connectivity index (χ0n) is 20.5. The number of halogens is 1. The Labute approximate surface area is 219 Å². The van der Waals surface area contributed by atoms with Crippen molar-refractivity contribution in [2.45, 2.75) is 51.0 Å². The van der Waals surface area contributed by atoms with Crippen LogP contribution in [0.3, 0.4) is 0 Å². The molecule has 0 radical (unpaired) electrons. The van der Waals surface area contributed by atoms with Gasteiger partial charge in [0.15, 0.2) is 5.69 Å². The molecule has 0 bridgehead atoms. The highest BCUT2D eigenvalue weighted by atomic mass is 35.5. The molecule has 12 heteroatoms. The molecule has 2 aromatic carbocycles. The molecule has 37 heavy (non-hydrogen) atoms. The van der Waals surface area contributed by atoms with Crippen LogP contribution in [0, 0.1) is 12.8 Å². The summed E-state index contributed by atoms with van der Waals surface area (Å²) < 4.78 is 36.7. The first kappa shape index (κ1) is 26.6. The lowest BCUT2D eigenvalue weighted by atomic mass is 10.2. The van der Waals surface area contributed by atoms with E-state index in [1.54, 1.807) is 31.2 Å². The summed E-state index contributed by atoms with van der Waals surface area (Å²) in [4.78, 5) is 23.9. The minimum atomic E-state index is -4.08. The van der Waals surface area contributed by atoms with E-state index in [9.17, 15) is 23.1 Å². The van der Waals surface area contributed by atoms with Gasteiger partial charge in [-0.05, 0) is 75.6 Å². The monoisotopic (exact) mass is 546 g/mol. The van der Waals surface area contributed by atoms with E-state index in [1.165, 1.54) is 29.8 Å². The van der Waals surface area contributed by atoms with Crippen LogP contribution in [0.1, 0.15) is 49.2 Å². The number of carbonyl (C=O) groups is 2. The molecule has 196 valence electrons. The zero-order valence-corrected chi connectivity index (χ0v) is 22.1. The van der Waals surface area contributed by atoms with E-state index in [4.69, 9.17) is 16.3 Å². The van der Waals surface area contributed by atoms with Gasteiger partial charge in [0.25, 0.3) is 0 Å². The molecular formula is C25H27ClN4O6S. The smallest absolute Gasteiger partial charge is 0.356 e. The number of carboxylic acids is 1. The third kappa shape index (κ3) is 5.95. The maximum absolute atomic E-state index is 13.4. The van der Waals surface area contributed by atoms with Crippen molar-refractivity contribution in [1.29, 1.82) is 0 Å². The topological polar surface area (TPSA) is 140 Å². The number of carbonyl (C=O) groups excluding carboxylic acids is 1. The van der Waals surface area contributed by atoms with Crippen molar-refractivity contribution >= 4 is 39.2 Å². The first-order chi connectivity index (χ1) is 17.5. The number of sulfonamides is 1. The van der Waals surface area contributed by atoms with E-state index in [0.29, 0.717) is 22.8 Å². The second-order valence-corrected chi connectivity index (χ2v) is 11.0. The average molecular weight is 547 g/mol. The molecule has 0 spiro atoms. The van der Waals surface area contributed by atoms with Gasteiger partial charge in [0.05, 0.1) is 5.69 Å². The number of benzene rings is 2. The summed E-state index contributed by atoms with van der Waals surface area (Å²) in [6.07, 6.45) is 2.15. The number of hydrogen-bond donors (Lipinski definition) is 3. The van der Waals surface area contributed by atoms with Crippen molar-refractivity contribution in [2.75, 3.05) is 5.32 Å². The summed E-state index contributed by atoms with van der Waals surface area (Å²) in [5, 5.41) is 17.0. The largest absolute Gasteiger partial charge is 0.476 e. The quantitative estimate of drug-likeness (QED) is 0.333. The van der Waals surface area contributed by atoms with Gasteiger partial charge < -0.3 is 15.2 Å². The van der Waals surface area contributed by atoms with Crippen LogP contribution in [0.25, 0.3) is 5.69 Å². The van der Waals surface area contributed by atoms with Gasteiger partial charge in [0.1, 0.15) is 10.6 Å². The van der Waals surface area contributed by atoms with Crippen LogP contribution in [-0.2, 0) is 14.8 Å². The van der Waals surface area contributed by atoms with Crippen LogP contribution in [0.4, 0.5) is 5.69 Å². The molecule has 1 saturated carbocycles. The SMILES string of the molecule is CC[C@@H](C)NS(=O)(=O)c1cc(NC(=O)C2CC2)ccc1Oc1c(C)c(C(=O)O)nn1-c1ccc(Cl)cc1. The number of aromatic carboxylic acids is 1. The summed E-state index contributed by atoms with van der Waals surface area (Å²) in [7, 11) is -4.08. The van der Waals surface area contributed by atoms with Gasteiger partial charge in [-0.3, -0.25) is 4.79 Å². The second-order valence-electron chi connectivity index (χ2n) is 8.93. The van der Waals surface area contributed by atoms with E-state index in [2.05, 4.69) is 15.1 Å². The fourth-order valence-electron chi connectivity index (χ4n) is 3.55. The molecular weight excluding hydrogens is 520 g/mol. The molecule has 1 aliphatic carbocycles. The number of aromatic nitrogens is 2. The Hall–Kier alpha value is -3.41. The molecule has 3 N–H and O–H groups in total. The molecule has 1 aliphatic rings. The molecule has 1 heterocycles. The molecule has 4 rings (SSSR count). The van der Waals surface area contributed by atoms with E-state index in [-0.39, 0.29) is 45.6 Å². The van der Waals surface area contributed by atoms with Crippen LogP contribution >= 0.6 is 11.6 Å². The lowest BCUT2D eigenvalue weighted by Crippen LogP contribution is -2.32. The summed E-state index contributed by atoms with van der Waals surface area (Å²) in [6.45, 7) is 5.10. The summed E-state index contributed by atoms with van der Waals surface area (Å²) in [5.41, 5.74) is 0.723. The number of nitrogens with zero attached hydrogens (tertiary/aromatic N) is 2. The van der Waals surface area contributed by atoms with E-state index >= 15 is 0 Å². The Morgan fingerprint density at radius 1 is 1.22 bits per heavy atom. The first-order valence-electron chi connectivity index (χ1n) is 11.7. The molecule has 0 unspecified atom stereocenters. The molecule has 3 aromatic rings. The number of ether oxygens (including phenoxy) is 1. The van der Waals surface area contributed by atoms with Crippen molar-refractivity contribution in [3.05, 3.63) is 58.7 Å². The van der Waals surface area contributed by atoms with Crippen molar-refractivity contribution in [3.63, 3.8) is 0 Å². The first-order valence-corrected chi connectivity index (χ1v) is 13.6. The molecule has 1 amide bonds. The lowest BCUT2D eigenvalue weighted by Gasteiger charge is -2.17. The Morgan fingerprint density at radius 3 is 2.49 bits per heavy atom. The maximum atomic E-state index is 13.4. The maximum Gasteiger partial charge on any atom is 0.356 e. The Kier molecular flexibility index (Phi) is 7.58. The Morgan fingerprint density at radius 2 is 1.89 bits per heavy atom. The Balaban J connectivity index is 1.81. The van der Waals surface area contributed by atoms with Crippen LogP contribution in [0.5, 0.6) is 11.6 Å². The van der Waals surface area contributed by atoms with Gasteiger partial charge in [-0.1, -0.05) is 18.5 Å². The van der Waals surface area contributed by atoms with E-state index in [0.717, 1.165) is 12.8 Å². The van der Waals surface area contributed by atoms with Crippen LogP contribution in [-0.4, -0.2) is 41.2 Å². The van der Waals surface area contributed by atoms with E-state index < -0.39 is 16.0 Å². The highest BCUT2D eigenvalue weighted by Gasteiger charge is 2.31. The summed E-state index contributed by atoms with van der Waals surface area (Å²) in [6, 6.07) is 10.4.